The second kappa shape index (κ2) is 10.6. The lowest BCUT2D eigenvalue weighted by atomic mass is 9.73. The molecule has 7 aromatic rings. The van der Waals surface area contributed by atoms with Crippen LogP contribution in [0.25, 0.3) is 66.7 Å². The van der Waals surface area contributed by atoms with Crippen molar-refractivity contribution in [3.63, 3.8) is 0 Å². The van der Waals surface area contributed by atoms with E-state index in [0.717, 1.165) is 22.1 Å². The Morgan fingerprint density at radius 1 is 0.511 bits per heavy atom. The van der Waals surface area contributed by atoms with Gasteiger partial charge in [0.05, 0.1) is 0 Å². The number of hydrogen-bond acceptors (Lipinski definition) is 4. The van der Waals surface area contributed by atoms with Gasteiger partial charge in [0.25, 0.3) is 0 Å². The van der Waals surface area contributed by atoms with Gasteiger partial charge >= 0.3 is 0 Å². The molecule has 0 bridgehead atoms. The lowest BCUT2D eigenvalue weighted by molar-refractivity contribution is 0.722. The second-order valence-corrected chi connectivity index (χ2v) is 12.6. The predicted octanol–water partition coefficient (Wildman–Crippen LogP) is 10.6. The zero-order chi connectivity index (χ0) is 29.7. The van der Waals surface area contributed by atoms with Crippen molar-refractivity contribution in [3.8, 4) is 34.2 Å². The Morgan fingerprint density at radius 2 is 1.09 bits per heavy atom. The predicted molar refractivity (Wildman–Crippen MR) is 188 cm³/mol. The fourth-order valence-corrected chi connectivity index (χ4v) is 8.20. The van der Waals surface area contributed by atoms with E-state index in [4.69, 9.17) is 15.0 Å². The van der Waals surface area contributed by atoms with E-state index < -0.39 is 0 Å². The Labute approximate surface area is 265 Å². The van der Waals surface area contributed by atoms with Crippen LogP contribution in [0.15, 0.2) is 146 Å². The number of thiophene rings is 1. The fraction of sp³-hybridized carbons (Fsp3) is 0.0488. The number of aromatic nitrogens is 3. The van der Waals surface area contributed by atoms with Crippen molar-refractivity contribution >= 4 is 43.8 Å². The zero-order valence-electron chi connectivity index (χ0n) is 24.3. The van der Waals surface area contributed by atoms with Crippen LogP contribution in [0, 0.1) is 5.92 Å². The molecule has 0 fully saturated rings. The van der Waals surface area contributed by atoms with Gasteiger partial charge in [-0.05, 0) is 45.0 Å². The normalized spacial score (nSPS) is 16.8. The molecule has 0 amide bonds. The van der Waals surface area contributed by atoms with E-state index in [-0.39, 0.29) is 5.92 Å². The van der Waals surface area contributed by atoms with Crippen LogP contribution in [-0.2, 0) is 0 Å². The minimum absolute atomic E-state index is 0.271. The summed E-state index contributed by atoms with van der Waals surface area (Å²) in [6.07, 6.45) is 11.6. The van der Waals surface area contributed by atoms with Crippen LogP contribution in [0.2, 0.25) is 0 Å². The molecule has 9 rings (SSSR count). The number of nitrogens with zero attached hydrogens (tertiary/aromatic N) is 3. The van der Waals surface area contributed by atoms with E-state index in [1.807, 2.05) is 47.7 Å². The van der Waals surface area contributed by atoms with Crippen molar-refractivity contribution in [1.29, 1.82) is 0 Å². The third kappa shape index (κ3) is 4.37. The molecule has 3 nitrogen and oxygen atoms in total. The Balaban J connectivity index is 1.22. The van der Waals surface area contributed by atoms with Gasteiger partial charge < -0.3 is 0 Å². The van der Waals surface area contributed by atoms with Gasteiger partial charge in [-0.3, -0.25) is 0 Å². The van der Waals surface area contributed by atoms with E-state index in [0.29, 0.717) is 23.4 Å². The van der Waals surface area contributed by atoms with Gasteiger partial charge in [-0.15, -0.1) is 11.3 Å². The standard InChI is InChI=1S/C41H27N3S/c1-3-12-27(13-4-1)39-42-40(28-14-5-2-6-15-28)44-41(43-39)35-25-24-31(29-17-7-8-18-30(29)35)33-20-11-16-26-22-23-34-32-19-9-10-21-36(32)45-38(34)37(26)33/h1-26,37H. The van der Waals surface area contributed by atoms with Crippen molar-refractivity contribution in [2.24, 2.45) is 5.92 Å². The highest BCUT2D eigenvalue weighted by Crippen LogP contribution is 2.52. The Morgan fingerprint density at radius 3 is 1.80 bits per heavy atom. The number of rotatable bonds is 4. The molecular formula is C41H27N3S. The molecule has 0 radical (unpaired) electrons. The van der Waals surface area contributed by atoms with E-state index in [9.17, 15) is 0 Å². The average molecular weight is 594 g/mol. The molecule has 45 heavy (non-hydrogen) atoms. The topological polar surface area (TPSA) is 38.7 Å². The average Bonchev–Trinajstić information content (AvgIpc) is 3.50. The SMILES string of the molecule is C1=CC2C=Cc3c(sc4ccccc34)C2C(c2ccc(-c3nc(-c4ccccc4)nc(-c4ccccc4)n3)c3ccccc23)=C1. The number of fused-ring (bicyclic) bond motifs is 6. The first kappa shape index (κ1) is 26.0. The first-order valence-electron chi connectivity index (χ1n) is 15.3. The molecule has 4 heteroatoms. The van der Waals surface area contributed by atoms with Gasteiger partial charge in [0.2, 0.25) is 0 Å². The van der Waals surface area contributed by atoms with Gasteiger partial charge in [-0.1, -0.05) is 140 Å². The highest BCUT2D eigenvalue weighted by molar-refractivity contribution is 7.19. The summed E-state index contributed by atoms with van der Waals surface area (Å²) >= 11 is 1.94. The summed E-state index contributed by atoms with van der Waals surface area (Å²) in [6, 6.07) is 42.3. The second-order valence-electron chi connectivity index (χ2n) is 11.5. The van der Waals surface area contributed by atoms with Crippen LogP contribution in [0.3, 0.4) is 0 Å². The monoisotopic (exact) mass is 593 g/mol. The van der Waals surface area contributed by atoms with Crippen molar-refractivity contribution in [1.82, 2.24) is 15.0 Å². The van der Waals surface area contributed by atoms with Gasteiger partial charge in [0.15, 0.2) is 17.5 Å². The van der Waals surface area contributed by atoms with Gasteiger partial charge in [-0.25, -0.2) is 15.0 Å². The molecule has 0 saturated carbocycles. The third-order valence-electron chi connectivity index (χ3n) is 8.93. The third-order valence-corrected chi connectivity index (χ3v) is 10.2. The molecule has 0 spiro atoms. The molecular weight excluding hydrogens is 567 g/mol. The minimum Gasteiger partial charge on any atom is -0.208 e. The summed E-state index contributed by atoms with van der Waals surface area (Å²) in [6.45, 7) is 0. The Hall–Kier alpha value is -5.45. The quantitative estimate of drug-likeness (QED) is 0.204. The van der Waals surface area contributed by atoms with E-state index in [2.05, 4.69) is 115 Å². The largest absolute Gasteiger partial charge is 0.208 e. The molecule has 212 valence electrons. The summed E-state index contributed by atoms with van der Waals surface area (Å²) < 4.78 is 1.35. The summed E-state index contributed by atoms with van der Waals surface area (Å²) in [4.78, 5) is 16.5. The maximum absolute atomic E-state index is 5.06. The molecule has 0 N–H and O–H groups in total. The van der Waals surface area contributed by atoms with E-state index in [1.54, 1.807) is 0 Å². The van der Waals surface area contributed by atoms with Gasteiger partial charge in [0, 0.05) is 38.1 Å². The number of allylic oxidation sites excluding steroid dienone is 5. The van der Waals surface area contributed by atoms with Crippen molar-refractivity contribution < 1.29 is 0 Å². The Bertz CT molecular complexity index is 2270. The first-order chi connectivity index (χ1) is 22.3. The zero-order valence-corrected chi connectivity index (χ0v) is 25.2. The summed E-state index contributed by atoms with van der Waals surface area (Å²) in [5.41, 5.74) is 6.91. The molecule has 0 aliphatic heterocycles. The summed E-state index contributed by atoms with van der Waals surface area (Å²) in [5, 5.41) is 3.68. The molecule has 2 aliphatic rings. The molecule has 0 saturated heterocycles. The molecule has 2 unspecified atom stereocenters. The minimum atomic E-state index is 0.271. The van der Waals surface area contributed by atoms with E-state index in [1.165, 1.54) is 37.0 Å². The highest BCUT2D eigenvalue weighted by Gasteiger charge is 2.33. The number of hydrogen-bond donors (Lipinski definition) is 0. The lowest BCUT2D eigenvalue weighted by Gasteiger charge is -2.31. The Kier molecular flexibility index (Phi) is 6.13. The van der Waals surface area contributed by atoms with Crippen molar-refractivity contribution in [2.45, 2.75) is 5.92 Å². The smallest absolute Gasteiger partial charge is 0.164 e. The van der Waals surface area contributed by atoms with Crippen LogP contribution in [0.4, 0.5) is 0 Å². The van der Waals surface area contributed by atoms with Gasteiger partial charge in [0.1, 0.15) is 0 Å². The van der Waals surface area contributed by atoms with Gasteiger partial charge in [-0.2, -0.15) is 0 Å². The van der Waals surface area contributed by atoms with Crippen LogP contribution in [-0.4, -0.2) is 15.0 Å². The fourth-order valence-electron chi connectivity index (χ4n) is 6.83. The molecule has 2 atom stereocenters. The maximum atomic E-state index is 5.06. The van der Waals surface area contributed by atoms with Crippen LogP contribution in [0.1, 0.15) is 21.9 Å². The highest BCUT2D eigenvalue weighted by atomic mass is 32.1. The van der Waals surface area contributed by atoms with Crippen molar-refractivity contribution in [2.75, 3.05) is 0 Å². The summed E-state index contributed by atoms with van der Waals surface area (Å²) in [7, 11) is 0. The molecule has 2 heterocycles. The van der Waals surface area contributed by atoms with Crippen LogP contribution >= 0.6 is 11.3 Å². The molecule has 2 aliphatic carbocycles. The maximum Gasteiger partial charge on any atom is 0.164 e. The summed E-state index contributed by atoms with van der Waals surface area (Å²) in [5.74, 6) is 2.61. The lowest BCUT2D eigenvalue weighted by Crippen LogP contribution is -2.16. The van der Waals surface area contributed by atoms with E-state index >= 15 is 0 Å². The van der Waals surface area contributed by atoms with Crippen LogP contribution in [0.5, 0.6) is 0 Å². The molecule has 5 aromatic carbocycles. The van der Waals surface area contributed by atoms with Crippen molar-refractivity contribution in [3.05, 3.63) is 162 Å². The first-order valence-corrected chi connectivity index (χ1v) is 16.1. The molecule has 2 aromatic heterocycles. The number of benzene rings is 5. The van der Waals surface area contributed by atoms with Crippen LogP contribution < -0.4 is 0 Å².